The second kappa shape index (κ2) is 5.89. The van der Waals surface area contributed by atoms with E-state index in [0.717, 1.165) is 5.56 Å². The zero-order chi connectivity index (χ0) is 10.4. The van der Waals surface area contributed by atoms with Crippen LogP contribution in [0.3, 0.4) is 0 Å². The van der Waals surface area contributed by atoms with Gasteiger partial charge in [0, 0.05) is 17.4 Å². The zero-order valence-corrected chi connectivity index (χ0v) is 9.11. The molecule has 0 saturated heterocycles. The highest BCUT2D eigenvalue weighted by molar-refractivity contribution is 6.31. The molecule has 1 rings (SSSR count). The number of hydrogen-bond acceptors (Lipinski definition) is 1. The molecule has 0 heterocycles. The van der Waals surface area contributed by atoms with Gasteiger partial charge in [-0.1, -0.05) is 29.8 Å². The highest BCUT2D eigenvalue weighted by Gasteiger charge is 2.04. The van der Waals surface area contributed by atoms with Crippen LogP contribution >= 0.6 is 23.2 Å². The number of hydrogen-bond donors (Lipinski definition) is 1. The first kappa shape index (κ1) is 11.3. The Morgan fingerprint density at radius 3 is 2.71 bits per heavy atom. The van der Waals surface area contributed by atoms with Crippen LogP contribution in [-0.2, 0) is 11.2 Å². The molecule has 0 spiro atoms. The van der Waals surface area contributed by atoms with E-state index in [2.05, 4.69) is 5.32 Å². The second-order valence-electron chi connectivity index (χ2n) is 2.81. The van der Waals surface area contributed by atoms with Crippen LogP contribution in [0, 0.1) is 0 Å². The van der Waals surface area contributed by atoms with Crippen molar-refractivity contribution < 1.29 is 4.79 Å². The summed E-state index contributed by atoms with van der Waals surface area (Å²) >= 11 is 11.3. The van der Waals surface area contributed by atoms with Gasteiger partial charge in [0.05, 0.1) is 6.42 Å². The molecule has 1 aromatic carbocycles. The van der Waals surface area contributed by atoms with Crippen LogP contribution in [0.15, 0.2) is 24.3 Å². The van der Waals surface area contributed by atoms with Gasteiger partial charge in [0.1, 0.15) is 0 Å². The fourth-order valence-electron chi connectivity index (χ4n) is 1.06. The summed E-state index contributed by atoms with van der Waals surface area (Å²) in [6.45, 7) is 0.491. The summed E-state index contributed by atoms with van der Waals surface area (Å²) in [6, 6.07) is 7.30. The van der Waals surface area contributed by atoms with E-state index in [-0.39, 0.29) is 5.91 Å². The molecule has 4 heteroatoms. The lowest BCUT2D eigenvalue weighted by molar-refractivity contribution is -0.120. The van der Waals surface area contributed by atoms with Crippen LogP contribution in [0.4, 0.5) is 0 Å². The van der Waals surface area contributed by atoms with E-state index in [1.807, 2.05) is 18.2 Å². The maximum Gasteiger partial charge on any atom is 0.224 e. The molecule has 1 amide bonds. The van der Waals surface area contributed by atoms with E-state index in [4.69, 9.17) is 23.2 Å². The van der Waals surface area contributed by atoms with Gasteiger partial charge in [-0.15, -0.1) is 11.6 Å². The monoisotopic (exact) mass is 231 g/mol. The number of benzene rings is 1. The molecule has 0 radical (unpaired) electrons. The Bertz CT molecular complexity index is 315. The van der Waals surface area contributed by atoms with Gasteiger partial charge in [0.15, 0.2) is 0 Å². The van der Waals surface area contributed by atoms with Gasteiger partial charge in [0.25, 0.3) is 0 Å². The van der Waals surface area contributed by atoms with Gasteiger partial charge in [-0.2, -0.15) is 0 Å². The van der Waals surface area contributed by atoms with Gasteiger partial charge >= 0.3 is 0 Å². The molecule has 76 valence electrons. The summed E-state index contributed by atoms with van der Waals surface area (Å²) in [5, 5.41) is 3.30. The van der Waals surface area contributed by atoms with Crippen molar-refractivity contribution in [3.05, 3.63) is 34.9 Å². The summed E-state index contributed by atoms with van der Waals surface area (Å²) < 4.78 is 0. The van der Waals surface area contributed by atoms with Gasteiger partial charge in [-0.05, 0) is 11.6 Å². The van der Waals surface area contributed by atoms with Crippen molar-refractivity contribution in [2.45, 2.75) is 6.42 Å². The van der Waals surface area contributed by atoms with Crippen LogP contribution in [0.5, 0.6) is 0 Å². The Morgan fingerprint density at radius 2 is 2.07 bits per heavy atom. The second-order valence-corrected chi connectivity index (χ2v) is 3.59. The van der Waals surface area contributed by atoms with Crippen molar-refractivity contribution in [1.82, 2.24) is 5.32 Å². The van der Waals surface area contributed by atoms with Crippen LogP contribution in [0.25, 0.3) is 0 Å². The summed E-state index contributed by atoms with van der Waals surface area (Å²) in [5.41, 5.74) is 0.834. The first-order chi connectivity index (χ1) is 6.74. The maximum absolute atomic E-state index is 11.3. The predicted octanol–water partition coefficient (Wildman–Crippen LogP) is 2.24. The Morgan fingerprint density at radius 1 is 1.36 bits per heavy atom. The van der Waals surface area contributed by atoms with E-state index in [1.165, 1.54) is 0 Å². The van der Waals surface area contributed by atoms with Crippen LogP contribution in [0.2, 0.25) is 5.02 Å². The van der Waals surface area contributed by atoms with Crippen LogP contribution < -0.4 is 5.32 Å². The normalized spacial score (nSPS) is 9.86. The number of alkyl halides is 1. The molecule has 0 aliphatic carbocycles. The summed E-state index contributed by atoms with van der Waals surface area (Å²) in [4.78, 5) is 11.3. The van der Waals surface area contributed by atoms with Crippen molar-refractivity contribution in [2.75, 3.05) is 12.4 Å². The fourth-order valence-corrected chi connectivity index (χ4v) is 1.36. The van der Waals surface area contributed by atoms with E-state index in [1.54, 1.807) is 6.07 Å². The molecule has 0 aliphatic rings. The Labute approximate surface area is 93.2 Å². The van der Waals surface area contributed by atoms with Crippen molar-refractivity contribution in [2.24, 2.45) is 0 Å². The fraction of sp³-hybridized carbons (Fsp3) is 0.300. The molecule has 0 saturated carbocycles. The highest BCUT2D eigenvalue weighted by Crippen LogP contribution is 2.14. The topological polar surface area (TPSA) is 29.1 Å². The largest absolute Gasteiger partial charge is 0.355 e. The summed E-state index contributed by atoms with van der Waals surface area (Å²) in [6.07, 6.45) is 0.302. The first-order valence-electron chi connectivity index (χ1n) is 4.30. The molecule has 0 aliphatic heterocycles. The van der Waals surface area contributed by atoms with Crippen molar-refractivity contribution in [1.29, 1.82) is 0 Å². The van der Waals surface area contributed by atoms with Gasteiger partial charge in [-0.25, -0.2) is 0 Å². The number of halogens is 2. The Balaban J connectivity index is 2.52. The van der Waals surface area contributed by atoms with E-state index >= 15 is 0 Å². The summed E-state index contributed by atoms with van der Waals surface area (Å²) in [5.74, 6) is 0.368. The lowest BCUT2D eigenvalue weighted by Crippen LogP contribution is -2.26. The minimum absolute atomic E-state index is 0.0567. The van der Waals surface area contributed by atoms with Gasteiger partial charge in [-0.3, -0.25) is 4.79 Å². The third-order valence-corrected chi connectivity index (χ3v) is 2.28. The number of nitrogens with one attached hydrogen (secondary N) is 1. The molecule has 1 aromatic rings. The standard InChI is InChI=1S/C10H11Cl2NO/c11-5-6-13-10(14)7-8-3-1-2-4-9(8)12/h1-4H,5-7H2,(H,13,14). The lowest BCUT2D eigenvalue weighted by Gasteiger charge is -2.04. The molecule has 0 fully saturated rings. The number of carbonyl (C=O) groups is 1. The molecular formula is C10H11Cl2NO. The highest BCUT2D eigenvalue weighted by atomic mass is 35.5. The first-order valence-corrected chi connectivity index (χ1v) is 5.21. The maximum atomic E-state index is 11.3. The molecule has 0 aromatic heterocycles. The van der Waals surface area contributed by atoms with E-state index in [9.17, 15) is 4.79 Å². The van der Waals surface area contributed by atoms with Crippen LogP contribution in [-0.4, -0.2) is 18.3 Å². The summed E-state index contributed by atoms with van der Waals surface area (Å²) in [7, 11) is 0. The Kier molecular flexibility index (Phi) is 4.77. The third kappa shape index (κ3) is 3.56. The SMILES string of the molecule is O=C(Cc1ccccc1Cl)NCCCl. The number of amides is 1. The zero-order valence-electron chi connectivity index (χ0n) is 7.59. The molecule has 1 N–H and O–H groups in total. The number of carbonyl (C=O) groups excluding carboxylic acids is 1. The number of rotatable bonds is 4. The average molecular weight is 232 g/mol. The van der Waals surface area contributed by atoms with Crippen molar-refractivity contribution in [3.8, 4) is 0 Å². The minimum atomic E-state index is -0.0567. The molecule has 0 atom stereocenters. The third-order valence-electron chi connectivity index (χ3n) is 1.73. The molecule has 0 unspecified atom stereocenters. The van der Waals surface area contributed by atoms with Gasteiger partial charge in [0.2, 0.25) is 5.91 Å². The predicted molar refractivity (Wildman–Crippen MR) is 58.9 cm³/mol. The van der Waals surface area contributed by atoms with Gasteiger partial charge < -0.3 is 5.32 Å². The van der Waals surface area contributed by atoms with Crippen molar-refractivity contribution >= 4 is 29.1 Å². The van der Waals surface area contributed by atoms with E-state index in [0.29, 0.717) is 23.9 Å². The smallest absolute Gasteiger partial charge is 0.224 e. The van der Waals surface area contributed by atoms with Crippen molar-refractivity contribution in [3.63, 3.8) is 0 Å². The lowest BCUT2D eigenvalue weighted by atomic mass is 10.1. The molecule has 0 bridgehead atoms. The molecular weight excluding hydrogens is 221 g/mol. The molecule has 2 nitrogen and oxygen atoms in total. The average Bonchev–Trinajstić information content (AvgIpc) is 2.18. The van der Waals surface area contributed by atoms with Crippen LogP contribution in [0.1, 0.15) is 5.56 Å². The Hall–Kier alpha value is -0.730. The quantitative estimate of drug-likeness (QED) is 0.792. The van der Waals surface area contributed by atoms with E-state index < -0.39 is 0 Å². The minimum Gasteiger partial charge on any atom is -0.355 e. The molecule has 14 heavy (non-hydrogen) atoms.